The number of fused-ring (bicyclic) bond motifs is 2. The first-order chi connectivity index (χ1) is 18.6. The first-order valence-electron chi connectivity index (χ1n) is 13.4. The first-order valence-corrected chi connectivity index (χ1v) is 14.2. The fraction of sp³-hybridized carbons (Fsp3) is 0.607. The van der Waals surface area contributed by atoms with Crippen LogP contribution in [0.4, 0.5) is 4.79 Å². The molecule has 0 saturated carbocycles. The van der Waals surface area contributed by atoms with Gasteiger partial charge < -0.3 is 33.9 Å². The highest BCUT2D eigenvalue weighted by Gasteiger charge is 2.53. The number of aryl methyl sites for hydroxylation is 1. The van der Waals surface area contributed by atoms with Gasteiger partial charge in [0, 0.05) is 25.2 Å². The summed E-state index contributed by atoms with van der Waals surface area (Å²) in [7, 11) is 0. The molecule has 4 fully saturated rings. The Hall–Kier alpha value is -2.15. The van der Waals surface area contributed by atoms with E-state index in [0.717, 1.165) is 41.2 Å². The van der Waals surface area contributed by atoms with Crippen LogP contribution >= 0.6 is 15.9 Å². The Balaban J connectivity index is 0.000000168. The Morgan fingerprint density at radius 3 is 2.38 bits per heavy atom. The van der Waals surface area contributed by atoms with Crippen molar-refractivity contribution in [3.63, 3.8) is 0 Å². The van der Waals surface area contributed by atoms with Crippen molar-refractivity contribution in [1.29, 1.82) is 0 Å². The number of hydrogen-bond donors (Lipinski definition) is 1. The van der Waals surface area contributed by atoms with E-state index in [9.17, 15) is 4.79 Å². The summed E-state index contributed by atoms with van der Waals surface area (Å²) < 4.78 is 29.4. The van der Waals surface area contributed by atoms with Gasteiger partial charge in [-0.05, 0) is 80.9 Å². The van der Waals surface area contributed by atoms with Crippen molar-refractivity contribution in [1.82, 2.24) is 20.2 Å². The molecule has 6 rings (SSSR count). The third-order valence-corrected chi connectivity index (χ3v) is 7.92. The van der Waals surface area contributed by atoms with Crippen LogP contribution in [0.5, 0.6) is 0 Å². The van der Waals surface area contributed by atoms with E-state index in [0.29, 0.717) is 26.3 Å². The summed E-state index contributed by atoms with van der Waals surface area (Å²) in [5.74, 6) is 0. The van der Waals surface area contributed by atoms with Gasteiger partial charge in [0.1, 0.15) is 47.2 Å². The zero-order valence-electron chi connectivity index (χ0n) is 22.9. The summed E-state index contributed by atoms with van der Waals surface area (Å²) in [4.78, 5) is 23.1. The molecule has 10 nitrogen and oxygen atoms in total. The zero-order chi connectivity index (χ0) is 27.7. The highest BCUT2D eigenvalue weighted by Crippen LogP contribution is 2.42. The fourth-order valence-corrected chi connectivity index (χ4v) is 5.88. The van der Waals surface area contributed by atoms with Crippen molar-refractivity contribution < 1.29 is 28.5 Å². The molecule has 11 heteroatoms. The minimum absolute atomic E-state index is 0.0931. The predicted molar refractivity (Wildman–Crippen MR) is 146 cm³/mol. The molecule has 39 heavy (non-hydrogen) atoms. The van der Waals surface area contributed by atoms with Gasteiger partial charge in [0.2, 0.25) is 0 Å². The number of carbonyl (C=O) groups excluding carboxylic acids is 1. The van der Waals surface area contributed by atoms with E-state index >= 15 is 0 Å². The lowest BCUT2D eigenvalue weighted by Gasteiger charge is -2.41. The molecular formula is C28H37BrN4O6. The van der Waals surface area contributed by atoms with Crippen LogP contribution in [0.1, 0.15) is 50.7 Å². The Morgan fingerprint density at radius 1 is 1.03 bits per heavy atom. The molecule has 4 aliphatic heterocycles. The normalized spacial score (nSPS) is 30.1. The van der Waals surface area contributed by atoms with Crippen molar-refractivity contribution in [2.45, 2.75) is 69.5 Å². The monoisotopic (exact) mass is 604 g/mol. The van der Waals surface area contributed by atoms with Gasteiger partial charge in [-0.3, -0.25) is 4.98 Å². The van der Waals surface area contributed by atoms with Crippen LogP contribution < -0.4 is 5.32 Å². The van der Waals surface area contributed by atoms with E-state index in [1.807, 2.05) is 64.1 Å². The molecule has 0 bridgehead atoms. The van der Waals surface area contributed by atoms with Gasteiger partial charge in [-0.2, -0.15) is 0 Å². The summed E-state index contributed by atoms with van der Waals surface area (Å²) >= 11 is 3.40. The van der Waals surface area contributed by atoms with Gasteiger partial charge in [-0.15, -0.1) is 0 Å². The van der Waals surface area contributed by atoms with Gasteiger partial charge in [0.05, 0.1) is 17.9 Å². The molecule has 6 heterocycles. The number of halogens is 1. The maximum Gasteiger partial charge on any atom is 0.410 e. The number of ether oxygens (including phenoxy) is 5. The van der Waals surface area contributed by atoms with Crippen LogP contribution in [-0.4, -0.2) is 78.5 Å². The molecule has 0 radical (unpaired) electrons. The Morgan fingerprint density at radius 2 is 1.69 bits per heavy atom. The van der Waals surface area contributed by atoms with Gasteiger partial charge in [-0.1, -0.05) is 12.1 Å². The number of likely N-dealkylation sites (tertiary alicyclic amines) is 1. The van der Waals surface area contributed by atoms with E-state index in [2.05, 4.69) is 31.2 Å². The summed E-state index contributed by atoms with van der Waals surface area (Å²) in [5.41, 5.74) is 1.44. The number of aromatic nitrogens is 2. The molecule has 1 amide bonds. The van der Waals surface area contributed by atoms with E-state index < -0.39 is 11.2 Å². The predicted octanol–water partition coefficient (Wildman–Crippen LogP) is 4.00. The molecule has 2 aromatic rings. The molecule has 212 valence electrons. The third-order valence-electron chi connectivity index (χ3n) is 7.48. The van der Waals surface area contributed by atoms with Crippen molar-refractivity contribution in [3.8, 4) is 0 Å². The second-order valence-corrected chi connectivity index (χ2v) is 12.1. The van der Waals surface area contributed by atoms with Gasteiger partial charge in [0.15, 0.2) is 0 Å². The van der Waals surface area contributed by atoms with Crippen molar-refractivity contribution >= 4 is 22.0 Å². The van der Waals surface area contributed by atoms with E-state index in [-0.39, 0.29) is 30.7 Å². The molecule has 4 saturated heterocycles. The SMILES string of the molecule is CC(C)(C)OC(=O)N1CC[C@]2(c3cccc(Br)n3)OCO[C@@H]2C1.Cc1cccc([C@]23CCNC[C@H]2OCO3)n1. The molecule has 2 aromatic heterocycles. The third kappa shape index (κ3) is 5.98. The van der Waals surface area contributed by atoms with Crippen LogP contribution in [0.3, 0.4) is 0 Å². The quantitative estimate of drug-likeness (QED) is 0.509. The summed E-state index contributed by atoms with van der Waals surface area (Å²) in [5, 5.41) is 3.33. The molecule has 1 N–H and O–H groups in total. The Kier molecular flexibility index (Phi) is 8.28. The topological polar surface area (TPSA) is 104 Å². The first kappa shape index (κ1) is 28.4. The molecule has 0 aliphatic carbocycles. The van der Waals surface area contributed by atoms with E-state index in [1.54, 1.807) is 4.90 Å². The Labute approximate surface area is 237 Å². The lowest BCUT2D eigenvalue weighted by Crippen LogP contribution is -2.54. The van der Waals surface area contributed by atoms with Crippen LogP contribution in [0.25, 0.3) is 0 Å². The number of hydrogen-bond acceptors (Lipinski definition) is 9. The van der Waals surface area contributed by atoms with Crippen molar-refractivity contribution in [3.05, 3.63) is 58.1 Å². The standard InChI is InChI=1S/C16H21BrN2O4.C12H16N2O2/c1-15(2,3)23-14(20)19-8-7-16(12(9-19)21-10-22-16)11-5-4-6-13(17)18-11;1-9-3-2-4-10(14-9)12-5-6-13-7-11(12)15-8-16-12/h4-6,12H,7-10H2,1-3H3;2-4,11,13H,5-8H2,1H3/t12-,16-;11-,12-/m11/s1. The summed E-state index contributed by atoms with van der Waals surface area (Å²) in [6.45, 7) is 10.9. The second kappa shape index (κ2) is 11.4. The summed E-state index contributed by atoms with van der Waals surface area (Å²) in [6, 6.07) is 11.8. The highest BCUT2D eigenvalue weighted by molar-refractivity contribution is 9.10. The summed E-state index contributed by atoms with van der Waals surface area (Å²) in [6.07, 6.45) is 1.08. The minimum atomic E-state index is -0.595. The number of rotatable bonds is 2. The fourth-order valence-electron chi connectivity index (χ4n) is 5.54. The number of pyridine rings is 2. The van der Waals surface area contributed by atoms with Gasteiger partial charge >= 0.3 is 6.09 Å². The molecule has 4 atom stereocenters. The lowest BCUT2D eigenvalue weighted by atomic mass is 9.85. The lowest BCUT2D eigenvalue weighted by molar-refractivity contribution is -0.0564. The molecular weight excluding hydrogens is 568 g/mol. The maximum atomic E-state index is 12.3. The van der Waals surface area contributed by atoms with Crippen LogP contribution in [0, 0.1) is 6.92 Å². The molecule has 0 unspecified atom stereocenters. The zero-order valence-corrected chi connectivity index (χ0v) is 24.5. The number of piperidine rings is 2. The highest BCUT2D eigenvalue weighted by atomic mass is 79.9. The number of nitrogens with one attached hydrogen (secondary N) is 1. The average molecular weight is 606 g/mol. The maximum absolute atomic E-state index is 12.3. The smallest absolute Gasteiger partial charge is 0.410 e. The van der Waals surface area contributed by atoms with Crippen LogP contribution in [0.2, 0.25) is 0 Å². The van der Waals surface area contributed by atoms with Crippen molar-refractivity contribution in [2.75, 3.05) is 39.8 Å². The minimum Gasteiger partial charge on any atom is -0.444 e. The van der Waals surface area contributed by atoms with E-state index in [1.165, 1.54) is 0 Å². The number of carbonyl (C=O) groups is 1. The molecule has 0 aromatic carbocycles. The molecule has 0 spiro atoms. The van der Waals surface area contributed by atoms with E-state index in [4.69, 9.17) is 23.7 Å². The second-order valence-electron chi connectivity index (χ2n) is 11.3. The van der Waals surface area contributed by atoms with Crippen molar-refractivity contribution in [2.24, 2.45) is 0 Å². The van der Waals surface area contributed by atoms with Gasteiger partial charge in [0.25, 0.3) is 0 Å². The number of amides is 1. The number of nitrogens with zero attached hydrogens (tertiary/aromatic N) is 3. The van der Waals surface area contributed by atoms with Crippen LogP contribution in [0.15, 0.2) is 41.0 Å². The average Bonchev–Trinajstić information content (AvgIpc) is 3.53. The van der Waals surface area contributed by atoms with Crippen LogP contribution in [-0.2, 0) is 34.9 Å². The van der Waals surface area contributed by atoms with Gasteiger partial charge in [-0.25, -0.2) is 9.78 Å². The largest absolute Gasteiger partial charge is 0.444 e. The Bertz CT molecular complexity index is 1180. The molecule has 4 aliphatic rings.